The van der Waals surface area contributed by atoms with Crippen molar-refractivity contribution in [3.05, 3.63) is 0 Å². The van der Waals surface area contributed by atoms with Gasteiger partial charge in [-0.3, -0.25) is 9.80 Å². The summed E-state index contributed by atoms with van der Waals surface area (Å²) in [5.74, 6) is 0. The van der Waals surface area contributed by atoms with Crippen LogP contribution in [-0.4, -0.2) is 73.5 Å². The summed E-state index contributed by atoms with van der Waals surface area (Å²) in [6.45, 7) is 15.2. The largest absolute Gasteiger partial charge is 0.376 e. The van der Waals surface area contributed by atoms with E-state index in [0.29, 0.717) is 24.3 Å². The number of nitrogens with zero attached hydrogens (tertiary/aromatic N) is 2. The first-order chi connectivity index (χ1) is 9.09. The Kier molecular flexibility index (Phi) is 5.63. The van der Waals surface area contributed by atoms with Gasteiger partial charge in [-0.2, -0.15) is 0 Å². The van der Waals surface area contributed by atoms with Crippen molar-refractivity contribution in [1.29, 1.82) is 0 Å². The molecule has 2 saturated heterocycles. The van der Waals surface area contributed by atoms with Crippen LogP contribution in [0.3, 0.4) is 0 Å². The zero-order chi connectivity index (χ0) is 13.8. The lowest BCUT2D eigenvalue weighted by atomic mass is 10.1. The molecule has 4 atom stereocenters. The van der Waals surface area contributed by atoms with Crippen molar-refractivity contribution < 1.29 is 9.47 Å². The van der Waals surface area contributed by atoms with Crippen LogP contribution in [-0.2, 0) is 9.47 Å². The van der Waals surface area contributed by atoms with Crippen molar-refractivity contribution in [2.24, 2.45) is 0 Å². The van der Waals surface area contributed by atoms with Gasteiger partial charge in [0.05, 0.1) is 25.4 Å². The molecule has 4 nitrogen and oxygen atoms in total. The molecule has 0 spiro atoms. The SMILES string of the molecule is C[C@@H]1OCCN(CCCN2CCO[C@H](C)[C@H]2C)[C@@H]1C. The number of morpholine rings is 2. The number of rotatable bonds is 4. The molecule has 0 aromatic carbocycles. The molecule has 0 bridgehead atoms. The molecular formula is C15H30N2O2. The minimum atomic E-state index is 0.371. The highest BCUT2D eigenvalue weighted by molar-refractivity contribution is 4.80. The van der Waals surface area contributed by atoms with Crippen molar-refractivity contribution in [3.8, 4) is 0 Å². The van der Waals surface area contributed by atoms with E-state index in [4.69, 9.17) is 9.47 Å². The summed E-state index contributed by atoms with van der Waals surface area (Å²) in [7, 11) is 0. The third kappa shape index (κ3) is 3.91. The van der Waals surface area contributed by atoms with Crippen LogP contribution >= 0.6 is 0 Å². The van der Waals surface area contributed by atoms with E-state index in [2.05, 4.69) is 37.5 Å². The molecule has 0 radical (unpaired) electrons. The first-order valence-electron chi connectivity index (χ1n) is 7.81. The zero-order valence-electron chi connectivity index (χ0n) is 13.0. The van der Waals surface area contributed by atoms with Crippen molar-refractivity contribution in [1.82, 2.24) is 9.80 Å². The average molecular weight is 270 g/mol. The maximum Gasteiger partial charge on any atom is 0.0700 e. The summed E-state index contributed by atoms with van der Waals surface area (Å²) in [5, 5.41) is 0. The monoisotopic (exact) mass is 270 g/mol. The highest BCUT2D eigenvalue weighted by Gasteiger charge is 2.27. The third-order valence-corrected chi connectivity index (χ3v) is 4.92. The second-order valence-electron chi connectivity index (χ2n) is 6.06. The van der Waals surface area contributed by atoms with Crippen molar-refractivity contribution >= 4 is 0 Å². The molecule has 2 heterocycles. The van der Waals surface area contributed by atoms with E-state index in [1.54, 1.807) is 0 Å². The van der Waals surface area contributed by atoms with E-state index >= 15 is 0 Å². The number of hydrogen-bond acceptors (Lipinski definition) is 4. The summed E-state index contributed by atoms with van der Waals surface area (Å²) in [5.41, 5.74) is 0. The molecular weight excluding hydrogens is 240 g/mol. The fourth-order valence-electron chi connectivity index (χ4n) is 3.10. The normalized spacial score (nSPS) is 38.5. The van der Waals surface area contributed by atoms with Gasteiger partial charge in [0.25, 0.3) is 0 Å². The molecule has 0 aromatic rings. The average Bonchev–Trinajstić information content (AvgIpc) is 2.39. The van der Waals surface area contributed by atoms with E-state index < -0.39 is 0 Å². The molecule has 0 saturated carbocycles. The lowest BCUT2D eigenvalue weighted by Gasteiger charge is -2.40. The van der Waals surface area contributed by atoms with Crippen LogP contribution in [0.5, 0.6) is 0 Å². The smallest absolute Gasteiger partial charge is 0.0700 e. The van der Waals surface area contributed by atoms with E-state index in [1.807, 2.05) is 0 Å². The molecule has 2 aliphatic heterocycles. The molecule has 0 aliphatic carbocycles. The van der Waals surface area contributed by atoms with Gasteiger partial charge >= 0.3 is 0 Å². The van der Waals surface area contributed by atoms with Gasteiger partial charge in [-0.1, -0.05) is 0 Å². The van der Waals surface area contributed by atoms with E-state index in [9.17, 15) is 0 Å². The third-order valence-electron chi connectivity index (χ3n) is 4.92. The summed E-state index contributed by atoms with van der Waals surface area (Å²) in [4.78, 5) is 5.14. The first-order valence-corrected chi connectivity index (χ1v) is 7.81. The van der Waals surface area contributed by atoms with Crippen molar-refractivity contribution in [2.45, 2.75) is 58.4 Å². The molecule has 2 fully saturated rings. The van der Waals surface area contributed by atoms with Gasteiger partial charge in [0, 0.05) is 25.2 Å². The quantitative estimate of drug-likeness (QED) is 0.774. The summed E-state index contributed by atoms with van der Waals surface area (Å²) in [6.07, 6.45) is 1.99. The Balaban J connectivity index is 1.71. The molecule has 2 rings (SSSR count). The minimum absolute atomic E-state index is 0.371. The molecule has 0 aromatic heterocycles. The van der Waals surface area contributed by atoms with Crippen LogP contribution in [0, 0.1) is 0 Å². The Hall–Kier alpha value is -0.160. The van der Waals surface area contributed by atoms with Crippen LogP contribution in [0.2, 0.25) is 0 Å². The Morgan fingerprint density at radius 3 is 1.63 bits per heavy atom. The first kappa shape index (κ1) is 15.2. The summed E-state index contributed by atoms with van der Waals surface area (Å²) >= 11 is 0. The lowest BCUT2D eigenvalue weighted by Crippen LogP contribution is -2.51. The highest BCUT2D eigenvalue weighted by atomic mass is 16.5. The van der Waals surface area contributed by atoms with Gasteiger partial charge in [0.2, 0.25) is 0 Å². The fourth-order valence-corrected chi connectivity index (χ4v) is 3.10. The molecule has 4 heteroatoms. The Labute approximate surface area is 118 Å². The van der Waals surface area contributed by atoms with Crippen LogP contribution < -0.4 is 0 Å². The van der Waals surface area contributed by atoms with E-state index in [1.165, 1.54) is 19.5 Å². The molecule has 112 valence electrons. The van der Waals surface area contributed by atoms with Gasteiger partial charge < -0.3 is 9.47 Å². The second-order valence-corrected chi connectivity index (χ2v) is 6.06. The Morgan fingerprint density at radius 2 is 1.21 bits per heavy atom. The number of hydrogen-bond donors (Lipinski definition) is 0. The van der Waals surface area contributed by atoms with Gasteiger partial charge in [0.1, 0.15) is 0 Å². The standard InChI is InChI=1S/C15H30N2O2/c1-12-14(3)18-10-8-16(12)6-5-7-17-9-11-19-15(4)13(17)2/h12-15H,5-11H2,1-4H3/t12-,13-,14-,15+/m1/s1. The van der Waals surface area contributed by atoms with Crippen molar-refractivity contribution in [3.63, 3.8) is 0 Å². The Morgan fingerprint density at radius 1 is 0.789 bits per heavy atom. The molecule has 0 unspecified atom stereocenters. The van der Waals surface area contributed by atoms with Gasteiger partial charge in [-0.25, -0.2) is 0 Å². The van der Waals surface area contributed by atoms with Crippen LogP contribution in [0.4, 0.5) is 0 Å². The topological polar surface area (TPSA) is 24.9 Å². The Bertz CT molecular complexity index is 249. The minimum Gasteiger partial charge on any atom is -0.376 e. The molecule has 19 heavy (non-hydrogen) atoms. The van der Waals surface area contributed by atoms with E-state index in [-0.39, 0.29) is 0 Å². The van der Waals surface area contributed by atoms with Crippen molar-refractivity contribution in [2.75, 3.05) is 39.4 Å². The van der Waals surface area contributed by atoms with Gasteiger partial charge in [-0.05, 0) is 47.2 Å². The zero-order valence-corrected chi connectivity index (χ0v) is 13.0. The van der Waals surface area contributed by atoms with Crippen LogP contribution in [0.15, 0.2) is 0 Å². The molecule has 0 N–H and O–H groups in total. The predicted octanol–water partition coefficient (Wildman–Crippen LogP) is 1.59. The summed E-state index contributed by atoms with van der Waals surface area (Å²) in [6, 6.07) is 1.10. The highest BCUT2D eigenvalue weighted by Crippen LogP contribution is 2.16. The second kappa shape index (κ2) is 7.02. The number of ether oxygens (including phenoxy) is 2. The van der Waals surface area contributed by atoms with Gasteiger partial charge in [0.15, 0.2) is 0 Å². The maximum atomic E-state index is 5.68. The molecule has 2 aliphatic rings. The summed E-state index contributed by atoms with van der Waals surface area (Å²) < 4.78 is 11.4. The van der Waals surface area contributed by atoms with Crippen LogP contribution in [0.1, 0.15) is 34.1 Å². The lowest BCUT2D eigenvalue weighted by molar-refractivity contribution is -0.0654. The maximum absolute atomic E-state index is 5.68. The van der Waals surface area contributed by atoms with E-state index in [0.717, 1.165) is 26.3 Å². The van der Waals surface area contributed by atoms with Gasteiger partial charge in [-0.15, -0.1) is 0 Å². The fraction of sp³-hybridized carbons (Fsp3) is 1.00. The predicted molar refractivity (Wildman–Crippen MR) is 77.5 cm³/mol. The van der Waals surface area contributed by atoms with Crippen LogP contribution in [0.25, 0.3) is 0 Å². The molecule has 0 amide bonds.